The Bertz CT molecular complexity index is 573. The van der Waals surface area contributed by atoms with Crippen LogP contribution in [-0.4, -0.2) is 0 Å². The third-order valence-corrected chi connectivity index (χ3v) is 3.48. The van der Waals surface area contributed by atoms with Gasteiger partial charge < -0.3 is 4.74 Å². The average molecular weight is 311 g/mol. The van der Waals surface area contributed by atoms with Gasteiger partial charge in [-0.3, -0.25) is 0 Å². The largest absolute Gasteiger partial charge is 0.451 e. The van der Waals surface area contributed by atoms with Crippen LogP contribution in [0, 0.1) is 11.6 Å². The van der Waals surface area contributed by atoms with Crippen LogP contribution < -0.4 is 4.74 Å². The smallest absolute Gasteiger partial charge is 0.198 e. The first-order valence-electron chi connectivity index (χ1n) is 6.94. The van der Waals surface area contributed by atoms with Crippen molar-refractivity contribution in [3.8, 4) is 11.5 Å². The Morgan fingerprint density at radius 1 is 1.00 bits per heavy atom. The van der Waals surface area contributed by atoms with E-state index in [4.69, 9.17) is 16.3 Å². The Balaban J connectivity index is 2.14. The highest BCUT2D eigenvalue weighted by Crippen LogP contribution is 2.29. The molecular formula is C17H17ClF2O. The van der Waals surface area contributed by atoms with Gasteiger partial charge in [0, 0.05) is 5.88 Å². The molecule has 0 N–H and O–H groups in total. The van der Waals surface area contributed by atoms with Crippen molar-refractivity contribution in [2.24, 2.45) is 0 Å². The molecule has 0 bridgehead atoms. The second-order valence-corrected chi connectivity index (χ2v) is 5.14. The van der Waals surface area contributed by atoms with Crippen LogP contribution in [0.25, 0.3) is 0 Å². The zero-order valence-electron chi connectivity index (χ0n) is 11.8. The molecule has 1 nitrogen and oxygen atoms in total. The maximum absolute atomic E-state index is 13.8. The van der Waals surface area contributed by atoms with Gasteiger partial charge in [-0.1, -0.05) is 25.5 Å². The lowest BCUT2D eigenvalue weighted by atomic mass is 10.1. The number of hydrogen-bond acceptors (Lipinski definition) is 1. The topological polar surface area (TPSA) is 9.23 Å². The molecule has 112 valence electrons. The third-order valence-electron chi connectivity index (χ3n) is 3.17. The summed E-state index contributed by atoms with van der Waals surface area (Å²) in [7, 11) is 0. The van der Waals surface area contributed by atoms with Gasteiger partial charge in [0.15, 0.2) is 17.4 Å². The molecule has 0 saturated heterocycles. The Kier molecular flexibility index (Phi) is 5.57. The van der Waals surface area contributed by atoms with E-state index in [2.05, 4.69) is 6.92 Å². The molecule has 0 aliphatic carbocycles. The van der Waals surface area contributed by atoms with Gasteiger partial charge in [-0.2, -0.15) is 0 Å². The SMILES string of the molecule is CCCCc1ccc(Oc2c(F)cc(CCl)cc2F)cc1. The van der Waals surface area contributed by atoms with Gasteiger partial charge in [-0.15, -0.1) is 11.6 Å². The molecule has 2 aromatic carbocycles. The van der Waals surface area contributed by atoms with Crippen LogP contribution in [0.15, 0.2) is 36.4 Å². The molecule has 0 saturated carbocycles. The molecule has 0 spiro atoms. The van der Waals surface area contributed by atoms with E-state index in [1.807, 2.05) is 12.1 Å². The van der Waals surface area contributed by atoms with E-state index in [9.17, 15) is 8.78 Å². The molecule has 0 aliphatic rings. The fourth-order valence-corrected chi connectivity index (χ4v) is 2.16. The van der Waals surface area contributed by atoms with Crippen molar-refractivity contribution in [2.45, 2.75) is 32.1 Å². The van der Waals surface area contributed by atoms with Gasteiger partial charge in [0.25, 0.3) is 0 Å². The third kappa shape index (κ3) is 4.18. The molecule has 2 rings (SSSR count). The first-order valence-corrected chi connectivity index (χ1v) is 7.48. The molecule has 4 heteroatoms. The minimum Gasteiger partial charge on any atom is -0.451 e. The minimum atomic E-state index is -0.749. The molecule has 0 aliphatic heterocycles. The summed E-state index contributed by atoms with van der Waals surface area (Å²) in [6, 6.07) is 9.63. The van der Waals surface area contributed by atoms with Gasteiger partial charge in [0.2, 0.25) is 0 Å². The summed E-state index contributed by atoms with van der Waals surface area (Å²) in [4.78, 5) is 0. The van der Waals surface area contributed by atoms with E-state index in [0.717, 1.165) is 19.3 Å². The van der Waals surface area contributed by atoms with E-state index in [0.29, 0.717) is 11.3 Å². The van der Waals surface area contributed by atoms with Crippen LogP contribution in [0.5, 0.6) is 11.5 Å². The van der Waals surface area contributed by atoms with E-state index in [1.165, 1.54) is 17.7 Å². The first kappa shape index (κ1) is 15.8. The molecule has 0 heterocycles. The Hall–Kier alpha value is -1.61. The molecule has 2 aromatic rings. The molecule has 21 heavy (non-hydrogen) atoms. The highest BCUT2D eigenvalue weighted by molar-refractivity contribution is 6.17. The lowest BCUT2D eigenvalue weighted by molar-refractivity contribution is 0.406. The molecule has 0 amide bonds. The fraction of sp³-hybridized carbons (Fsp3) is 0.294. The summed E-state index contributed by atoms with van der Waals surface area (Å²) in [5, 5.41) is 0. The zero-order chi connectivity index (χ0) is 15.2. The monoisotopic (exact) mass is 310 g/mol. The van der Waals surface area contributed by atoms with Crippen LogP contribution in [0.4, 0.5) is 8.78 Å². The molecule has 0 unspecified atom stereocenters. The molecular weight excluding hydrogens is 294 g/mol. The summed E-state index contributed by atoms with van der Waals surface area (Å²) >= 11 is 5.57. The summed E-state index contributed by atoms with van der Waals surface area (Å²) in [5.41, 5.74) is 1.57. The number of alkyl halides is 1. The van der Waals surface area contributed by atoms with Crippen molar-refractivity contribution in [2.75, 3.05) is 0 Å². The number of benzene rings is 2. The maximum atomic E-state index is 13.8. The second-order valence-electron chi connectivity index (χ2n) is 4.87. The first-order chi connectivity index (χ1) is 10.1. The van der Waals surface area contributed by atoms with Crippen LogP contribution in [-0.2, 0) is 12.3 Å². The van der Waals surface area contributed by atoms with Crippen LogP contribution >= 0.6 is 11.6 Å². The normalized spacial score (nSPS) is 10.7. The standard InChI is InChI=1S/C17H17ClF2O/c1-2-3-4-12-5-7-14(8-6-12)21-17-15(19)9-13(11-18)10-16(17)20/h5-10H,2-4,11H2,1H3. The van der Waals surface area contributed by atoms with Crippen LogP contribution in [0.1, 0.15) is 30.9 Å². The van der Waals surface area contributed by atoms with Crippen molar-refractivity contribution in [3.63, 3.8) is 0 Å². The summed E-state index contributed by atoms with van der Waals surface area (Å²) in [5.74, 6) is -1.43. The molecule has 0 atom stereocenters. The van der Waals surface area contributed by atoms with Crippen molar-refractivity contribution in [1.82, 2.24) is 0 Å². The van der Waals surface area contributed by atoms with Crippen molar-refractivity contribution >= 4 is 11.6 Å². The number of hydrogen-bond donors (Lipinski definition) is 0. The maximum Gasteiger partial charge on any atom is 0.198 e. The van der Waals surface area contributed by atoms with Crippen LogP contribution in [0.3, 0.4) is 0 Å². The quantitative estimate of drug-likeness (QED) is 0.609. The predicted octanol–water partition coefficient (Wildman–Crippen LogP) is 5.84. The Labute approximate surface area is 128 Å². The highest BCUT2D eigenvalue weighted by Gasteiger charge is 2.13. The van der Waals surface area contributed by atoms with Gasteiger partial charge in [0.05, 0.1) is 0 Å². The number of unbranched alkanes of at least 4 members (excludes halogenated alkanes) is 1. The number of ether oxygens (including phenoxy) is 1. The van der Waals surface area contributed by atoms with E-state index < -0.39 is 17.4 Å². The van der Waals surface area contributed by atoms with E-state index >= 15 is 0 Å². The average Bonchev–Trinajstić information content (AvgIpc) is 2.49. The van der Waals surface area contributed by atoms with Gasteiger partial charge in [-0.25, -0.2) is 8.78 Å². The van der Waals surface area contributed by atoms with Crippen molar-refractivity contribution in [3.05, 3.63) is 59.2 Å². The number of aryl methyl sites for hydroxylation is 1. The molecule has 0 radical (unpaired) electrons. The minimum absolute atomic E-state index is 0.0558. The van der Waals surface area contributed by atoms with Gasteiger partial charge in [0.1, 0.15) is 5.75 Å². The predicted molar refractivity (Wildman–Crippen MR) is 81.0 cm³/mol. The fourth-order valence-electron chi connectivity index (χ4n) is 2.01. The lowest BCUT2D eigenvalue weighted by Crippen LogP contribution is -1.95. The van der Waals surface area contributed by atoms with Crippen LogP contribution in [0.2, 0.25) is 0 Å². The van der Waals surface area contributed by atoms with Crippen molar-refractivity contribution < 1.29 is 13.5 Å². The second kappa shape index (κ2) is 7.41. The molecule has 0 fully saturated rings. The molecule has 0 aromatic heterocycles. The van der Waals surface area contributed by atoms with Gasteiger partial charge in [-0.05, 0) is 48.2 Å². The Morgan fingerprint density at radius 3 is 2.14 bits per heavy atom. The van der Waals surface area contributed by atoms with Crippen molar-refractivity contribution in [1.29, 1.82) is 0 Å². The summed E-state index contributed by atoms with van der Waals surface area (Å²) < 4.78 is 32.9. The summed E-state index contributed by atoms with van der Waals surface area (Å²) in [6.45, 7) is 2.13. The number of rotatable bonds is 6. The Morgan fingerprint density at radius 2 is 1.62 bits per heavy atom. The highest BCUT2D eigenvalue weighted by atomic mass is 35.5. The zero-order valence-corrected chi connectivity index (χ0v) is 12.6. The van der Waals surface area contributed by atoms with Gasteiger partial charge >= 0.3 is 0 Å². The number of halogens is 3. The van der Waals surface area contributed by atoms with E-state index in [-0.39, 0.29) is 5.88 Å². The summed E-state index contributed by atoms with van der Waals surface area (Å²) in [6.07, 6.45) is 3.23. The lowest BCUT2D eigenvalue weighted by Gasteiger charge is -2.10. The van der Waals surface area contributed by atoms with E-state index in [1.54, 1.807) is 12.1 Å².